The number of ether oxygens (including phenoxy) is 3. The van der Waals surface area contributed by atoms with Gasteiger partial charge in [0.1, 0.15) is 18.1 Å². The summed E-state index contributed by atoms with van der Waals surface area (Å²) in [7, 11) is -3.28. The number of rotatable bonds is 11. The van der Waals surface area contributed by atoms with Crippen LogP contribution in [0.1, 0.15) is 92.2 Å². The molecule has 12 nitrogen and oxygen atoms in total. The van der Waals surface area contributed by atoms with Gasteiger partial charge >= 0.3 is 5.69 Å². The van der Waals surface area contributed by atoms with E-state index in [0.717, 1.165) is 0 Å². The average Bonchev–Trinajstić information content (AvgIpc) is 3.28. The van der Waals surface area contributed by atoms with Gasteiger partial charge in [-0.1, -0.05) is 75.4 Å². The highest BCUT2D eigenvalue weighted by Crippen LogP contribution is 2.52. The summed E-state index contributed by atoms with van der Waals surface area (Å²) >= 11 is 0. The molecule has 14 heteroatoms. The van der Waals surface area contributed by atoms with Crippen LogP contribution in [-0.2, 0) is 20.5 Å². The number of nitro benzene ring substituents is 1. The molecule has 4 atom stereocenters. The topological polar surface area (TPSA) is 155 Å². The molecule has 1 aliphatic rings. The quantitative estimate of drug-likeness (QED) is 0.145. The fraction of sp³-hybridized carbons (Fsp3) is 0.706. The summed E-state index contributed by atoms with van der Waals surface area (Å²) in [6.45, 7) is 27.0. The van der Waals surface area contributed by atoms with Crippen molar-refractivity contribution in [2.75, 3.05) is 13.7 Å². The Labute approximate surface area is 286 Å². The van der Waals surface area contributed by atoms with Gasteiger partial charge in [0.25, 0.3) is 11.2 Å². The molecule has 1 aromatic heterocycles. The molecule has 0 radical (unpaired) electrons. The minimum Gasteiger partial charge on any atom is -0.497 e. The summed E-state index contributed by atoms with van der Waals surface area (Å²) in [6, 6.07) is 4.45. The van der Waals surface area contributed by atoms with Crippen molar-refractivity contribution in [2.45, 2.75) is 135 Å². The Hall–Kier alpha value is -2.63. The molecule has 3 rings (SSSR count). The van der Waals surface area contributed by atoms with Crippen LogP contribution in [0.15, 0.2) is 34.0 Å². The fourth-order valence-corrected chi connectivity index (χ4v) is 9.70. The van der Waals surface area contributed by atoms with E-state index in [1.807, 2.05) is 20.8 Å². The number of H-pyrrole nitrogens is 1. The smallest absolute Gasteiger partial charge is 0.330 e. The molecule has 2 N–H and O–H groups in total. The second kappa shape index (κ2) is 13.6. The fourth-order valence-electron chi connectivity index (χ4n) is 5.76. The highest BCUT2D eigenvalue weighted by molar-refractivity contribution is 6.83. The number of methoxy groups -OCH3 is 1. The van der Waals surface area contributed by atoms with Gasteiger partial charge in [-0.2, -0.15) is 0 Å². The number of aromatic amines is 1. The molecule has 1 aliphatic heterocycles. The monoisotopic (exact) mass is 707 g/mol. The van der Waals surface area contributed by atoms with Crippen LogP contribution in [0, 0.1) is 15.5 Å². The molecule has 270 valence electrons. The van der Waals surface area contributed by atoms with E-state index in [1.54, 1.807) is 6.07 Å². The number of nitro groups is 1. The second-order valence-corrected chi connectivity index (χ2v) is 27.6. The van der Waals surface area contributed by atoms with Crippen LogP contribution in [0.4, 0.5) is 5.69 Å². The van der Waals surface area contributed by atoms with Crippen molar-refractivity contribution in [1.29, 1.82) is 0 Å². The van der Waals surface area contributed by atoms with E-state index in [9.17, 15) is 24.8 Å². The van der Waals surface area contributed by atoms with Gasteiger partial charge in [0.2, 0.25) is 0 Å². The van der Waals surface area contributed by atoms with Crippen LogP contribution in [0.3, 0.4) is 0 Å². The van der Waals surface area contributed by atoms with Crippen LogP contribution in [0.2, 0.25) is 36.3 Å². The van der Waals surface area contributed by atoms with E-state index >= 15 is 0 Å². The Kier molecular flexibility index (Phi) is 11.3. The number of aliphatic hydroxyl groups is 1. The van der Waals surface area contributed by atoms with Gasteiger partial charge in [0, 0.05) is 18.7 Å². The van der Waals surface area contributed by atoms with Gasteiger partial charge in [0.15, 0.2) is 8.32 Å². The van der Waals surface area contributed by atoms with Gasteiger partial charge in [-0.05, 0) is 40.7 Å². The first-order valence-electron chi connectivity index (χ1n) is 16.5. The van der Waals surface area contributed by atoms with E-state index < -0.39 is 61.6 Å². The predicted octanol–water partition coefficient (Wildman–Crippen LogP) is 6.85. The first-order valence-corrected chi connectivity index (χ1v) is 22.4. The first-order chi connectivity index (χ1) is 21.7. The molecule has 1 saturated heterocycles. The molecule has 0 bridgehead atoms. The van der Waals surface area contributed by atoms with Crippen molar-refractivity contribution >= 4 is 22.1 Å². The molecule has 0 aliphatic carbocycles. The van der Waals surface area contributed by atoms with Gasteiger partial charge in [-0.15, -0.1) is 0 Å². The summed E-state index contributed by atoms with van der Waals surface area (Å²) < 4.78 is 26.0. The Morgan fingerprint density at radius 2 is 1.69 bits per heavy atom. The number of aromatic nitrogens is 2. The normalized spacial score (nSPS) is 21.7. The van der Waals surface area contributed by atoms with Crippen molar-refractivity contribution in [3.63, 3.8) is 0 Å². The largest absolute Gasteiger partial charge is 0.497 e. The van der Waals surface area contributed by atoms with E-state index in [4.69, 9.17) is 18.6 Å². The molecule has 1 fully saturated rings. The molecule has 2 aromatic rings. The molecule has 0 saturated carbocycles. The predicted molar refractivity (Wildman–Crippen MR) is 192 cm³/mol. The van der Waals surface area contributed by atoms with Crippen LogP contribution in [0.5, 0.6) is 5.75 Å². The second-order valence-electron chi connectivity index (χ2n) is 17.2. The third kappa shape index (κ3) is 7.89. The highest BCUT2D eigenvalue weighted by atomic mass is 28.4. The van der Waals surface area contributed by atoms with E-state index in [-0.39, 0.29) is 41.0 Å². The van der Waals surface area contributed by atoms with Crippen LogP contribution >= 0.6 is 0 Å². The summed E-state index contributed by atoms with van der Waals surface area (Å²) in [5, 5.41) is 23.0. The minimum absolute atomic E-state index is 0.0545. The summed E-state index contributed by atoms with van der Waals surface area (Å²) in [5.41, 5.74) is -1.63. The summed E-state index contributed by atoms with van der Waals surface area (Å²) in [6.07, 6.45) is -0.833. The van der Waals surface area contributed by atoms with E-state index in [1.165, 1.54) is 30.0 Å². The lowest BCUT2D eigenvalue weighted by Gasteiger charge is -2.49. The lowest BCUT2D eigenvalue weighted by atomic mass is 9.83. The standard InChI is InChI=1S/C34H57N3O9Si2/c1-31(2,3)28(24-17-23(43-10)15-16-25(24)37(41)42)44-20-22-19-36(30(39)35-29(22)38)27-18-34(40,47(11,12)32(4,5)6)26(46-27)21-45-48(13,14)33(7,8)9/h15-17,19,26-28,40H,18,20-21H2,1-14H3,(H,35,38,39)/t26-,27-,28-,34-/m1/s1. The van der Waals surface area contributed by atoms with Crippen molar-refractivity contribution < 1.29 is 28.7 Å². The van der Waals surface area contributed by atoms with Crippen molar-refractivity contribution in [3.05, 3.63) is 66.5 Å². The van der Waals surface area contributed by atoms with Crippen molar-refractivity contribution in [3.8, 4) is 5.75 Å². The molecule has 1 aromatic carbocycles. The zero-order valence-corrected chi connectivity index (χ0v) is 33.3. The van der Waals surface area contributed by atoms with Crippen LogP contribution in [-0.4, -0.2) is 61.0 Å². The Bertz CT molecular complexity index is 1600. The third-order valence-corrected chi connectivity index (χ3v) is 21.9. The van der Waals surface area contributed by atoms with E-state index in [0.29, 0.717) is 11.3 Å². The van der Waals surface area contributed by atoms with Crippen LogP contribution < -0.4 is 16.0 Å². The number of hydrogen-bond donors (Lipinski definition) is 2. The lowest BCUT2D eigenvalue weighted by Crippen LogP contribution is -2.65. The van der Waals surface area contributed by atoms with Gasteiger partial charge < -0.3 is 23.7 Å². The molecule has 2 heterocycles. The maximum atomic E-state index is 13.3. The lowest BCUT2D eigenvalue weighted by molar-refractivity contribution is -0.386. The first kappa shape index (κ1) is 39.8. The molecule has 0 unspecified atom stereocenters. The van der Waals surface area contributed by atoms with Crippen LogP contribution in [0.25, 0.3) is 0 Å². The average molecular weight is 708 g/mol. The molecule has 0 amide bonds. The summed E-state index contributed by atoms with van der Waals surface area (Å²) in [4.78, 5) is 40.3. The van der Waals surface area contributed by atoms with Crippen molar-refractivity contribution in [1.82, 2.24) is 9.55 Å². The maximum absolute atomic E-state index is 13.3. The van der Waals surface area contributed by atoms with Gasteiger partial charge in [-0.25, -0.2) is 4.79 Å². The number of hydrogen-bond acceptors (Lipinski definition) is 9. The number of benzene rings is 1. The molecular weight excluding hydrogens is 651 g/mol. The van der Waals surface area contributed by atoms with E-state index in [2.05, 4.69) is 72.7 Å². The third-order valence-electron chi connectivity index (χ3n) is 11.0. The minimum atomic E-state index is -2.54. The Morgan fingerprint density at radius 1 is 1.08 bits per heavy atom. The molecular formula is C34H57N3O9Si2. The number of nitrogens with zero attached hydrogens (tertiary/aromatic N) is 2. The Morgan fingerprint density at radius 3 is 2.19 bits per heavy atom. The maximum Gasteiger partial charge on any atom is 0.330 e. The molecule has 0 spiro atoms. The SMILES string of the molecule is COc1ccc([N+](=O)[O-])c([C@@H](OCc2cn([C@H]3C[C@@](O)([Si](C)(C)C(C)(C)C)[C@@H](CO[Si](C)(C)C(C)(C)C)O3)c(=O)[nH]c2=O)C(C)(C)C)c1. The Balaban J connectivity index is 2.04. The summed E-state index contributed by atoms with van der Waals surface area (Å²) in [5.74, 6) is 0.430. The zero-order chi connectivity index (χ0) is 36.8. The molecule has 48 heavy (non-hydrogen) atoms. The van der Waals surface area contributed by atoms with Gasteiger partial charge in [0.05, 0.1) is 55.8 Å². The highest BCUT2D eigenvalue weighted by Gasteiger charge is 2.62. The zero-order valence-electron chi connectivity index (χ0n) is 31.3. The van der Waals surface area contributed by atoms with Crippen molar-refractivity contribution in [2.24, 2.45) is 5.41 Å². The number of nitrogens with one attached hydrogen (secondary N) is 1. The van der Waals surface area contributed by atoms with Gasteiger partial charge in [-0.3, -0.25) is 24.5 Å².